The van der Waals surface area contributed by atoms with E-state index >= 15 is 0 Å². The lowest BCUT2D eigenvalue weighted by atomic mass is 10.1. The predicted octanol–water partition coefficient (Wildman–Crippen LogP) is 5.60. The zero-order chi connectivity index (χ0) is 21.0. The van der Waals surface area contributed by atoms with Crippen LogP contribution in [-0.2, 0) is 22.6 Å². The summed E-state index contributed by atoms with van der Waals surface area (Å²) in [4.78, 5) is 12.5. The van der Waals surface area contributed by atoms with Crippen molar-refractivity contribution in [3.63, 3.8) is 0 Å². The molecule has 0 bridgehead atoms. The van der Waals surface area contributed by atoms with Crippen molar-refractivity contribution in [2.24, 2.45) is 0 Å². The number of hydrogen-bond donors (Lipinski definition) is 0. The number of benzene rings is 3. The summed E-state index contributed by atoms with van der Waals surface area (Å²) in [5.41, 5.74) is 2.31. The highest BCUT2D eigenvalue weighted by atomic mass is 16.6. The Balaban J connectivity index is 1.65. The van der Waals surface area contributed by atoms with E-state index in [0.717, 1.165) is 18.4 Å². The van der Waals surface area contributed by atoms with Crippen LogP contribution in [0, 0.1) is 0 Å². The number of rotatable bonds is 11. The average Bonchev–Trinajstić information content (AvgIpc) is 2.79. The minimum atomic E-state index is -0.671. The fourth-order valence-corrected chi connectivity index (χ4v) is 3.15. The number of para-hydroxylation sites is 2. The molecule has 0 fully saturated rings. The van der Waals surface area contributed by atoms with Crippen LogP contribution in [0.4, 0.5) is 0 Å². The lowest BCUT2D eigenvalue weighted by Crippen LogP contribution is -2.29. The van der Waals surface area contributed by atoms with Crippen LogP contribution < -0.4 is 9.47 Å². The van der Waals surface area contributed by atoms with Crippen molar-refractivity contribution >= 4 is 5.97 Å². The van der Waals surface area contributed by atoms with Crippen LogP contribution in [0.1, 0.15) is 30.9 Å². The summed E-state index contributed by atoms with van der Waals surface area (Å²) >= 11 is 0. The van der Waals surface area contributed by atoms with Gasteiger partial charge < -0.3 is 14.2 Å². The summed E-state index contributed by atoms with van der Waals surface area (Å²) in [6, 6.07) is 27.6. The van der Waals surface area contributed by atoms with Gasteiger partial charge in [0.2, 0.25) is 0 Å². The van der Waals surface area contributed by atoms with Crippen LogP contribution in [0.2, 0.25) is 0 Å². The van der Waals surface area contributed by atoms with Crippen LogP contribution in [0.3, 0.4) is 0 Å². The van der Waals surface area contributed by atoms with E-state index in [1.807, 2.05) is 72.8 Å². The molecule has 4 heteroatoms. The Kier molecular flexibility index (Phi) is 8.34. The quantitative estimate of drug-likeness (QED) is 0.390. The molecule has 30 heavy (non-hydrogen) atoms. The maximum absolute atomic E-state index is 12.5. The highest BCUT2D eigenvalue weighted by molar-refractivity contribution is 5.75. The summed E-state index contributed by atoms with van der Waals surface area (Å²) < 4.78 is 17.3. The first-order valence-electron chi connectivity index (χ1n) is 10.4. The number of hydrogen-bond acceptors (Lipinski definition) is 4. The second-order valence-electron chi connectivity index (χ2n) is 6.96. The maximum Gasteiger partial charge on any atom is 0.347 e. The Labute approximate surface area is 178 Å². The molecule has 0 aromatic heterocycles. The molecule has 3 aromatic rings. The summed E-state index contributed by atoms with van der Waals surface area (Å²) in [5.74, 6) is 0.813. The Hall–Kier alpha value is -3.27. The summed E-state index contributed by atoms with van der Waals surface area (Å²) in [6.07, 6.45) is 1.60. The topological polar surface area (TPSA) is 44.8 Å². The largest absolute Gasteiger partial charge is 0.485 e. The molecule has 0 spiro atoms. The molecular weight excluding hydrogens is 376 g/mol. The third-order valence-corrected chi connectivity index (χ3v) is 4.68. The zero-order valence-corrected chi connectivity index (χ0v) is 17.3. The molecule has 0 amide bonds. The van der Waals surface area contributed by atoms with Crippen LogP contribution >= 0.6 is 0 Å². The number of carbonyl (C=O) groups excluding carboxylic acids is 1. The molecule has 0 radical (unpaired) electrons. The van der Waals surface area contributed by atoms with Crippen molar-refractivity contribution in [1.82, 2.24) is 0 Å². The first-order valence-corrected chi connectivity index (χ1v) is 10.4. The summed E-state index contributed by atoms with van der Waals surface area (Å²) in [6.45, 7) is 2.55. The molecule has 1 atom stereocenters. The van der Waals surface area contributed by atoms with Gasteiger partial charge in [0.1, 0.15) is 6.61 Å². The molecule has 156 valence electrons. The summed E-state index contributed by atoms with van der Waals surface area (Å²) in [7, 11) is 0. The number of esters is 1. The van der Waals surface area contributed by atoms with Crippen molar-refractivity contribution < 1.29 is 19.0 Å². The fraction of sp³-hybridized carbons (Fsp3) is 0.269. The number of ether oxygens (including phenoxy) is 3. The first kappa shape index (κ1) is 21.4. The van der Waals surface area contributed by atoms with Gasteiger partial charge in [0.25, 0.3) is 0 Å². The van der Waals surface area contributed by atoms with Crippen molar-refractivity contribution in [3.05, 3.63) is 96.1 Å². The standard InChI is InChI=1S/C26H28O4/c1-2-28-26(27)25(19-11-16-21-12-5-3-6-13-21)30-24-18-10-9-17-23(24)29-20-22-14-7-4-8-15-22/h3-10,12-15,17-18,25H,2,11,16,19-20H2,1H3. The van der Waals surface area contributed by atoms with E-state index in [1.165, 1.54) is 5.56 Å². The van der Waals surface area contributed by atoms with Gasteiger partial charge in [-0.1, -0.05) is 72.8 Å². The van der Waals surface area contributed by atoms with Gasteiger partial charge in [0, 0.05) is 0 Å². The van der Waals surface area contributed by atoms with E-state index in [-0.39, 0.29) is 5.97 Å². The Bertz CT molecular complexity index is 893. The van der Waals surface area contributed by atoms with Gasteiger partial charge in [0.05, 0.1) is 6.61 Å². The molecule has 0 heterocycles. The van der Waals surface area contributed by atoms with Gasteiger partial charge in [0.15, 0.2) is 17.6 Å². The second-order valence-corrected chi connectivity index (χ2v) is 6.96. The molecule has 0 N–H and O–H groups in total. The van der Waals surface area contributed by atoms with Crippen molar-refractivity contribution in [2.45, 2.75) is 38.9 Å². The molecular formula is C26H28O4. The monoisotopic (exact) mass is 404 g/mol. The minimum Gasteiger partial charge on any atom is -0.485 e. The van der Waals surface area contributed by atoms with Gasteiger partial charge in [-0.15, -0.1) is 0 Å². The van der Waals surface area contributed by atoms with Crippen LogP contribution in [0.25, 0.3) is 0 Å². The molecule has 1 unspecified atom stereocenters. The smallest absolute Gasteiger partial charge is 0.347 e. The molecule has 4 nitrogen and oxygen atoms in total. The van der Waals surface area contributed by atoms with Crippen molar-refractivity contribution in [1.29, 1.82) is 0 Å². The lowest BCUT2D eigenvalue weighted by molar-refractivity contribution is -0.151. The van der Waals surface area contributed by atoms with Gasteiger partial charge in [-0.25, -0.2) is 4.79 Å². The zero-order valence-electron chi connectivity index (χ0n) is 17.3. The molecule has 0 saturated heterocycles. The molecule has 0 aliphatic heterocycles. The van der Waals surface area contributed by atoms with E-state index in [1.54, 1.807) is 6.92 Å². The highest BCUT2D eigenvalue weighted by Crippen LogP contribution is 2.29. The fourth-order valence-electron chi connectivity index (χ4n) is 3.15. The highest BCUT2D eigenvalue weighted by Gasteiger charge is 2.23. The van der Waals surface area contributed by atoms with Crippen molar-refractivity contribution in [3.8, 4) is 11.5 Å². The third kappa shape index (κ3) is 6.66. The van der Waals surface area contributed by atoms with Gasteiger partial charge in [-0.05, 0) is 49.4 Å². The Morgan fingerprint density at radius 2 is 1.40 bits per heavy atom. The van der Waals surface area contributed by atoms with E-state index < -0.39 is 6.10 Å². The maximum atomic E-state index is 12.5. The third-order valence-electron chi connectivity index (χ3n) is 4.68. The van der Waals surface area contributed by atoms with Crippen molar-refractivity contribution in [2.75, 3.05) is 6.61 Å². The van der Waals surface area contributed by atoms with Crippen LogP contribution in [0.15, 0.2) is 84.9 Å². The lowest BCUT2D eigenvalue weighted by Gasteiger charge is -2.20. The van der Waals surface area contributed by atoms with E-state index in [0.29, 0.717) is 31.1 Å². The van der Waals surface area contributed by atoms with Gasteiger partial charge >= 0.3 is 5.97 Å². The number of aryl methyl sites for hydroxylation is 1. The Morgan fingerprint density at radius 1 is 0.800 bits per heavy atom. The van der Waals surface area contributed by atoms with Gasteiger partial charge in [-0.3, -0.25) is 0 Å². The SMILES string of the molecule is CCOC(=O)C(CCCc1ccccc1)Oc1ccccc1OCc1ccccc1. The van der Waals surface area contributed by atoms with E-state index in [9.17, 15) is 4.79 Å². The molecule has 3 aromatic carbocycles. The molecule has 0 aliphatic rings. The van der Waals surface area contributed by atoms with E-state index in [4.69, 9.17) is 14.2 Å². The van der Waals surface area contributed by atoms with Crippen LogP contribution in [0.5, 0.6) is 11.5 Å². The minimum absolute atomic E-state index is 0.323. The van der Waals surface area contributed by atoms with E-state index in [2.05, 4.69) is 12.1 Å². The predicted molar refractivity (Wildman–Crippen MR) is 118 cm³/mol. The van der Waals surface area contributed by atoms with Crippen LogP contribution in [-0.4, -0.2) is 18.7 Å². The normalized spacial score (nSPS) is 11.5. The Morgan fingerprint density at radius 3 is 2.07 bits per heavy atom. The molecule has 0 saturated carbocycles. The molecule has 3 rings (SSSR count). The van der Waals surface area contributed by atoms with Gasteiger partial charge in [-0.2, -0.15) is 0 Å². The first-order chi connectivity index (χ1) is 14.8. The summed E-state index contributed by atoms with van der Waals surface area (Å²) in [5, 5.41) is 0. The second kappa shape index (κ2) is 11.7. The average molecular weight is 405 g/mol. The number of carbonyl (C=O) groups is 1. The molecule has 0 aliphatic carbocycles.